The van der Waals surface area contributed by atoms with Crippen LogP contribution in [0.1, 0.15) is 15.2 Å². The molecule has 0 radical (unpaired) electrons. The van der Waals surface area contributed by atoms with Crippen LogP contribution in [0.15, 0.2) is 24.4 Å². The summed E-state index contributed by atoms with van der Waals surface area (Å²) in [6, 6.07) is 4.74. The second-order valence-corrected chi connectivity index (χ2v) is 4.34. The summed E-state index contributed by atoms with van der Waals surface area (Å²) in [4.78, 5) is 12.3. The van der Waals surface area contributed by atoms with Gasteiger partial charge >= 0.3 is 0 Å². The van der Waals surface area contributed by atoms with Crippen molar-refractivity contribution >= 4 is 40.5 Å². The van der Waals surface area contributed by atoms with Gasteiger partial charge in [0.05, 0.1) is 16.2 Å². The molecule has 0 amide bonds. The molecule has 1 aromatic heterocycles. The van der Waals surface area contributed by atoms with Gasteiger partial charge in [0.25, 0.3) is 0 Å². The molecular formula is C9H4Cl2N2OS. The van der Waals surface area contributed by atoms with Crippen molar-refractivity contribution in [1.82, 2.24) is 9.59 Å². The first kappa shape index (κ1) is 10.5. The van der Waals surface area contributed by atoms with Gasteiger partial charge in [-0.25, -0.2) is 0 Å². The number of hydrogen-bond acceptors (Lipinski definition) is 4. The lowest BCUT2D eigenvalue weighted by Gasteiger charge is -1.99. The van der Waals surface area contributed by atoms with E-state index in [9.17, 15) is 4.79 Å². The molecule has 0 bridgehead atoms. The first-order valence-electron chi connectivity index (χ1n) is 3.95. The Kier molecular flexibility index (Phi) is 3.00. The summed E-state index contributed by atoms with van der Waals surface area (Å²) in [6.07, 6.45) is 1.43. The lowest BCUT2D eigenvalue weighted by atomic mass is 10.1. The van der Waals surface area contributed by atoms with Crippen LogP contribution in [0.25, 0.3) is 0 Å². The zero-order valence-corrected chi connectivity index (χ0v) is 9.60. The second kappa shape index (κ2) is 4.26. The molecule has 0 spiro atoms. The zero-order chi connectivity index (χ0) is 10.8. The number of carbonyl (C=O) groups is 1. The maximum absolute atomic E-state index is 11.8. The van der Waals surface area contributed by atoms with Crippen molar-refractivity contribution in [2.75, 3.05) is 0 Å². The van der Waals surface area contributed by atoms with Gasteiger partial charge in [0.15, 0.2) is 0 Å². The highest BCUT2D eigenvalue weighted by molar-refractivity contribution is 7.08. The second-order valence-electron chi connectivity index (χ2n) is 2.74. The average molecular weight is 259 g/mol. The van der Waals surface area contributed by atoms with Gasteiger partial charge in [0.2, 0.25) is 5.78 Å². The van der Waals surface area contributed by atoms with Gasteiger partial charge in [0, 0.05) is 5.56 Å². The smallest absolute Gasteiger partial charge is 0.206 e. The molecule has 0 atom stereocenters. The molecule has 0 fully saturated rings. The van der Waals surface area contributed by atoms with E-state index in [2.05, 4.69) is 9.59 Å². The largest absolute Gasteiger partial charge is 0.288 e. The van der Waals surface area contributed by atoms with Crippen LogP contribution < -0.4 is 0 Å². The molecule has 76 valence electrons. The molecule has 0 unspecified atom stereocenters. The van der Waals surface area contributed by atoms with E-state index in [4.69, 9.17) is 23.2 Å². The summed E-state index contributed by atoms with van der Waals surface area (Å²) in [5, 5.41) is 4.39. The quantitative estimate of drug-likeness (QED) is 0.778. The van der Waals surface area contributed by atoms with Crippen molar-refractivity contribution in [3.63, 3.8) is 0 Å². The fourth-order valence-electron chi connectivity index (χ4n) is 1.05. The molecule has 0 saturated carbocycles. The number of ketones is 1. The maximum atomic E-state index is 11.8. The number of halogens is 2. The van der Waals surface area contributed by atoms with E-state index in [-0.39, 0.29) is 5.78 Å². The number of aromatic nitrogens is 2. The Morgan fingerprint density at radius 2 is 2.07 bits per heavy atom. The molecule has 0 aliphatic heterocycles. The molecular weight excluding hydrogens is 255 g/mol. The minimum absolute atomic E-state index is 0.149. The Morgan fingerprint density at radius 3 is 2.67 bits per heavy atom. The van der Waals surface area contributed by atoms with Crippen LogP contribution in [-0.4, -0.2) is 15.4 Å². The number of nitrogens with zero attached hydrogens (tertiary/aromatic N) is 2. The molecule has 1 aromatic carbocycles. The van der Waals surface area contributed by atoms with E-state index in [0.29, 0.717) is 20.5 Å². The molecule has 2 rings (SSSR count). The predicted octanol–water partition coefficient (Wildman–Crippen LogP) is 3.08. The van der Waals surface area contributed by atoms with Crippen molar-refractivity contribution in [3.8, 4) is 0 Å². The SMILES string of the molecule is O=C(c1ccc(Cl)c(Cl)c1)c1cnns1. The maximum Gasteiger partial charge on any atom is 0.206 e. The lowest BCUT2D eigenvalue weighted by Crippen LogP contribution is -1.98. The van der Waals surface area contributed by atoms with Gasteiger partial charge in [-0.2, -0.15) is 0 Å². The minimum Gasteiger partial charge on any atom is -0.288 e. The Bertz CT molecular complexity index is 499. The van der Waals surface area contributed by atoms with Gasteiger partial charge in [0.1, 0.15) is 4.88 Å². The molecule has 6 heteroatoms. The van der Waals surface area contributed by atoms with Gasteiger partial charge < -0.3 is 0 Å². The first-order valence-corrected chi connectivity index (χ1v) is 5.48. The van der Waals surface area contributed by atoms with Crippen LogP contribution in [0.4, 0.5) is 0 Å². The summed E-state index contributed by atoms with van der Waals surface area (Å²) in [5.74, 6) is -0.149. The number of benzene rings is 1. The van der Waals surface area contributed by atoms with Crippen molar-refractivity contribution in [2.45, 2.75) is 0 Å². The van der Waals surface area contributed by atoms with Gasteiger partial charge in [-0.05, 0) is 29.7 Å². The van der Waals surface area contributed by atoms with Gasteiger partial charge in [-0.15, -0.1) is 5.10 Å². The molecule has 15 heavy (non-hydrogen) atoms. The Balaban J connectivity index is 2.39. The van der Waals surface area contributed by atoms with Crippen LogP contribution in [0.5, 0.6) is 0 Å². The fraction of sp³-hybridized carbons (Fsp3) is 0. The molecule has 0 aliphatic rings. The van der Waals surface area contributed by atoms with Gasteiger partial charge in [-0.1, -0.05) is 27.7 Å². The van der Waals surface area contributed by atoms with E-state index in [0.717, 1.165) is 11.5 Å². The third-order valence-electron chi connectivity index (χ3n) is 1.77. The highest BCUT2D eigenvalue weighted by Gasteiger charge is 2.12. The minimum atomic E-state index is -0.149. The van der Waals surface area contributed by atoms with E-state index >= 15 is 0 Å². The number of hydrogen-bond donors (Lipinski definition) is 0. The van der Waals surface area contributed by atoms with E-state index in [1.165, 1.54) is 12.3 Å². The predicted molar refractivity (Wildman–Crippen MR) is 59.8 cm³/mol. The van der Waals surface area contributed by atoms with E-state index in [1.54, 1.807) is 12.1 Å². The van der Waals surface area contributed by atoms with E-state index < -0.39 is 0 Å². The summed E-state index contributed by atoms with van der Waals surface area (Å²) in [5.41, 5.74) is 0.482. The first-order chi connectivity index (χ1) is 7.18. The monoisotopic (exact) mass is 258 g/mol. The molecule has 1 heterocycles. The normalized spacial score (nSPS) is 10.3. The lowest BCUT2D eigenvalue weighted by molar-refractivity contribution is 0.104. The Labute approximate surface area is 99.8 Å². The van der Waals surface area contributed by atoms with Crippen molar-refractivity contribution in [1.29, 1.82) is 0 Å². The zero-order valence-electron chi connectivity index (χ0n) is 7.28. The van der Waals surface area contributed by atoms with Crippen molar-refractivity contribution in [3.05, 3.63) is 44.9 Å². The van der Waals surface area contributed by atoms with Gasteiger partial charge in [-0.3, -0.25) is 4.79 Å². The van der Waals surface area contributed by atoms with E-state index in [1.807, 2.05) is 0 Å². The van der Waals surface area contributed by atoms with Crippen LogP contribution in [-0.2, 0) is 0 Å². The Morgan fingerprint density at radius 1 is 1.27 bits per heavy atom. The number of carbonyl (C=O) groups excluding carboxylic acids is 1. The topological polar surface area (TPSA) is 42.9 Å². The van der Waals surface area contributed by atoms with Crippen LogP contribution in [0, 0.1) is 0 Å². The van der Waals surface area contributed by atoms with Crippen molar-refractivity contribution < 1.29 is 4.79 Å². The standard InChI is InChI=1S/C9H4Cl2N2OS/c10-6-2-1-5(3-7(6)11)9(14)8-4-12-13-15-8/h1-4H. The van der Waals surface area contributed by atoms with Crippen LogP contribution in [0.3, 0.4) is 0 Å². The molecule has 3 nitrogen and oxygen atoms in total. The summed E-state index contributed by atoms with van der Waals surface area (Å²) < 4.78 is 3.62. The summed E-state index contributed by atoms with van der Waals surface area (Å²) in [7, 11) is 0. The molecule has 2 aromatic rings. The molecule has 0 saturated heterocycles. The Hall–Kier alpha value is -0.970. The highest BCUT2D eigenvalue weighted by atomic mass is 35.5. The summed E-state index contributed by atoms with van der Waals surface area (Å²) >= 11 is 12.6. The number of rotatable bonds is 2. The third kappa shape index (κ3) is 2.17. The average Bonchev–Trinajstić information content (AvgIpc) is 2.74. The van der Waals surface area contributed by atoms with Crippen LogP contribution in [0.2, 0.25) is 10.0 Å². The third-order valence-corrected chi connectivity index (χ3v) is 3.17. The summed E-state index contributed by atoms with van der Waals surface area (Å²) in [6.45, 7) is 0. The fourth-order valence-corrected chi connectivity index (χ4v) is 1.82. The van der Waals surface area contributed by atoms with Crippen molar-refractivity contribution in [2.24, 2.45) is 0 Å². The molecule has 0 N–H and O–H groups in total. The van der Waals surface area contributed by atoms with Crippen LogP contribution >= 0.6 is 34.7 Å². The molecule has 0 aliphatic carbocycles. The highest BCUT2D eigenvalue weighted by Crippen LogP contribution is 2.24.